The number of nitrogens with zero attached hydrogens (tertiary/aromatic N) is 4. The Bertz CT molecular complexity index is 329. The van der Waals surface area contributed by atoms with E-state index >= 15 is 0 Å². The van der Waals surface area contributed by atoms with Crippen molar-refractivity contribution in [1.82, 2.24) is 19.1 Å². The van der Waals surface area contributed by atoms with Crippen LogP contribution >= 0.6 is 38.7 Å². The first kappa shape index (κ1) is 19.6. The molecule has 4 nitrogen and oxygen atoms in total. The van der Waals surface area contributed by atoms with Crippen LogP contribution in [-0.2, 0) is 24.3 Å². The Morgan fingerprint density at radius 2 is 1.26 bits per heavy atom. The number of imidazole rings is 2. The summed E-state index contributed by atoms with van der Waals surface area (Å²) in [5, 5.41) is 0. The zero-order chi connectivity index (χ0) is 14.3. The van der Waals surface area contributed by atoms with E-state index < -0.39 is 0 Å². The van der Waals surface area contributed by atoms with E-state index in [4.69, 9.17) is 0 Å². The summed E-state index contributed by atoms with van der Waals surface area (Å²) < 4.78 is 4.14. The molecule has 19 heavy (non-hydrogen) atoms. The van der Waals surface area contributed by atoms with Gasteiger partial charge in [-0.15, -0.1) is 0 Å². The van der Waals surface area contributed by atoms with E-state index in [0.29, 0.717) is 11.2 Å². The van der Waals surface area contributed by atoms with E-state index in [1.54, 1.807) is 12.4 Å². The minimum atomic E-state index is 0.523. The van der Waals surface area contributed by atoms with Gasteiger partial charge in [0.1, 0.15) is 0 Å². The number of hydrogen-bond acceptors (Lipinski definition) is 2. The summed E-state index contributed by atoms with van der Waals surface area (Å²) in [4.78, 5) is 7.81. The zero-order valence-electron chi connectivity index (χ0n) is 11.2. The molecule has 112 valence electrons. The van der Waals surface area contributed by atoms with Crippen LogP contribution in [0.1, 0.15) is 26.7 Å². The van der Waals surface area contributed by atoms with Gasteiger partial charge >= 0.3 is 49.9 Å². The van der Waals surface area contributed by atoms with Crippen molar-refractivity contribution in [2.75, 3.05) is 0 Å². The van der Waals surface area contributed by atoms with Gasteiger partial charge in [0.05, 0.1) is 12.7 Å². The van der Waals surface area contributed by atoms with E-state index in [9.17, 15) is 0 Å². The van der Waals surface area contributed by atoms with Crippen molar-refractivity contribution in [3.63, 3.8) is 0 Å². The molecule has 2 rings (SSSR count). The fourth-order valence-electron chi connectivity index (χ4n) is 1.35. The minimum absolute atomic E-state index is 0.523. The molecule has 0 fully saturated rings. The molecule has 0 aliphatic heterocycles. The second-order valence-electron chi connectivity index (χ2n) is 3.65. The Labute approximate surface area is 145 Å². The van der Waals surface area contributed by atoms with E-state index in [1.165, 1.54) is 12.8 Å². The fraction of sp³-hybridized carbons (Fsp3) is 0.500. The molecule has 0 amide bonds. The summed E-state index contributed by atoms with van der Waals surface area (Å²) in [7, 11) is 0. The van der Waals surface area contributed by atoms with Gasteiger partial charge in [-0.1, -0.05) is 13.8 Å². The molecule has 0 saturated heterocycles. The van der Waals surface area contributed by atoms with Crippen LogP contribution in [0, 0.1) is 0 Å². The number of aromatic nitrogens is 4. The molecule has 0 unspecified atom stereocenters. The predicted molar refractivity (Wildman–Crippen MR) is 93.1 cm³/mol. The molecule has 2 heterocycles. The van der Waals surface area contributed by atoms with Gasteiger partial charge in [0.25, 0.3) is 0 Å². The third-order valence-electron chi connectivity index (χ3n) is 2.08. The van der Waals surface area contributed by atoms with Crippen LogP contribution in [0.4, 0.5) is 0 Å². The van der Waals surface area contributed by atoms with Crippen LogP contribution in [0.5, 0.6) is 0 Å². The molecule has 0 bridgehead atoms. The van der Waals surface area contributed by atoms with Crippen LogP contribution in [0.15, 0.2) is 37.4 Å². The van der Waals surface area contributed by atoms with Gasteiger partial charge in [0.15, 0.2) is 0 Å². The second kappa shape index (κ2) is 15.0. The molecule has 0 aliphatic carbocycles. The molecular weight excluding hydrogens is 649 g/mol. The molecule has 7 heteroatoms. The summed E-state index contributed by atoms with van der Waals surface area (Å²) in [6.45, 7) is 6.47. The third-order valence-corrected chi connectivity index (χ3v) is 2.08. The van der Waals surface area contributed by atoms with Crippen LogP contribution in [0.3, 0.4) is 0 Å². The maximum atomic E-state index is 3.90. The summed E-state index contributed by atoms with van der Waals surface area (Å²) in [5.41, 5.74) is 0. The molecular formula is C12H20I2N4Pt. The Kier molecular flexibility index (Phi) is 15.4. The molecule has 0 saturated carbocycles. The van der Waals surface area contributed by atoms with Crippen molar-refractivity contribution in [3.05, 3.63) is 37.4 Å². The number of aryl methyl sites for hydroxylation is 2. The molecule has 0 N–H and O–H groups in total. The van der Waals surface area contributed by atoms with Gasteiger partial charge in [-0.2, -0.15) is 0 Å². The zero-order valence-corrected chi connectivity index (χ0v) is 17.7. The Morgan fingerprint density at radius 3 is 1.47 bits per heavy atom. The first-order chi connectivity index (χ1) is 9.28. The van der Waals surface area contributed by atoms with Crippen molar-refractivity contribution < 1.29 is 11.2 Å². The van der Waals surface area contributed by atoms with Crippen LogP contribution < -0.4 is 0 Å². The van der Waals surface area contributed by atoms with Gasteiger partial charge in [-0.25, -0.2) is 9.97 Å². The number of hydrogen-bond donors (Lipinski definition) is 0. The predicted octanol–water partition coefficient (Wildman–Crippen LogP) is 4.36. The van der Waals surface area contributed by atoms with Crippen molar-refractivity contribution >= 4 is 38.7 Å². The quantitative estimate of drug-likeness (QED) is 0.455. The molecule has 2 aromatic rings. The van der Waals surface area contributed by atoms with Crippen LogP contribution in [0.25, 0.3) is 0 Å². The van der Waals surface area contributed by atoms with Crippen LogP contribution in [-0.4, -0.2) is 19.1 Å². The number of halogens is 2. The standard InChI is InChI=1S/2C6H10N2.2HI.Pt/c2*1-2-4-8-5-3-7-6-8;;;/h2*3,5-6H,2,4H2,1H3;2*1H;/q;;;;+2/p-2. The maximum absolute atomic E-state index is 3.90. The molecule has 0 atom stereocenters. The van der Waals surface area contributed by atoms with E-state index in [2.05, 4.69) is 71.7 Å². The monoisotopic (exact) mass is 669 g/mol. The van der Waals surface area contributed by atoms with Crippen molar-refractivity contribution in [1.29, 1.82) is 0 Å². The molecule has 0 aromatic carbocycles. The Hall–Kier alpha value is 0.568. The number of rotatable bonds is 4. The van der Waals surface area contributed by atoms with Gasteiger partial charge in [0.2, 0.25) is 0 Å². The normalized spacial score (nSPS) is 9.26. The van der Waals surface area contributed by atoms with E-state index in [1.807, 2.05) is 25.0 Å². The van der Waals surface area contributed by atoms with Gasteiger partial charge in [-0.05, 0) is 12.8 Å². The Balaban J connectivity index is 0.000000284. The topological polar surface area (TPSA) is 35.6 Å². The second-order valence-corrected chi connectivity index (χ2v) is 20.2. The van der Waals surface area contributed by atoms with Gasteiger partial charge in [0, 0.05) is 37.9 Å². The SMILES string of the molecule is CCCn1ccnc1.CCCn1ccnc1.[I][Pt][I]. The van der Waals surface area contributed by atoms with Gasteiger partial charge < -0.3 is 9.13 Å². The summed E-state index contributed by atoms with van der Waals surface area (Å²) in [6, 6.07) is 0. The fourth-order valence-corrected chi connectivity index (χ4v) is 1.35. The van der Waals surface area contributed by atoms with E-state index in [-0.39, 0.29) is 0 Å². The first-order valence-electron chi connectivity index (χ1n) is 6.02. The average Bonchev–Trinajstić information content (AvgIpc) is 3.05. The average molecular weight is 669 g/mol. The third kappa shape index (κ3) is 12.0. The first-order valence-corrected chi connectivity index (χ1v) is 18.9. The summed E-state index contributed by atoms with van der Waals surface area (Å²) in [5.74, 6) is 0. The summed E-state index contributed by atoms with van der Waals surface area (Å²) >= 11 is 5.30. The van der Waals surface area contributed by atoms with Gasteiger partial charge in [-0.3, -0.25) is 0 Å². The summed E-state index contributed by atoms with van der Waals surface area (Å²) in [6.07, 6.45) is 13.6. The molecule has 0 radical (unpaired) electrons. The molecule has 2 aromatic heterocycles. The van der Waals surface area contributed by atoms with Crippen LogP contribution in [0.2, 0.25) is 0 Å². The van der Waals surface area contributed by atoms with Crippen molar-refractivity contribution in [2.24, 2.45) is 0 Å². The Morgan fingerprint density at radius 1 is 0.895 bits per heavy atom. The molecule has 0 spiro atoms. The van der Waals surface area contributed by atoms with E-state index in [0.717, 1.165) is 13.1 Å². The molecule has 0 aliphatic rings. The van der Waals surface area contributed by atoms with Crippen molar-refractivity contribution in [2.45, 2.75) is 39.8 Å². The van der Waals surface area contributed by atoms with Crippen molar-refractivity contribution in [3.8, 4) is 0 Å².